The first-order valence-electron chi connectivity index (χ1n) is 13.7. The number of halogens is 4. The molecule has 1 aliphatic heterocycles. The number of aliphatic imine (C=N–C) groups is 1. The van der Waals surface area contributed by atoms with Gasteiger partial charge in [-0.2, -0.15) is 4.31 Å². The highest BCUT2D eigenvalue weighted by atomic mass is 35.5. The van der Waals surface area contributed by atoms with Crippen molar-refractivity contribution in [2.24, 2.45) is 10.9 Å². The van der Waals surface area contributed by atoms with Crippen LogP contribution in [0.15, 0.2) is 69.5 Å². The van der Waals surface area contributed by atoms with E-state index >= 15 is 0 Å². The summed E-state index contributed by atoms with van der Waals surface area (Å²) in [5, 5.41) is 0.396. The monoisotopic (exact) mass is 671 g/mol. The standard InChI is InChI=1S/C30H33Cl4N3O4S/c1-4-41-26-18-25(33)27(42(39,40)36-15-5-6-16-36)17-24(26)28(35-30(2,3)21-9-13-23(32)14-10-21)37(29(34)38)19-20-7-11-22(31)12-8-20/h7-9,11-14,17-18,21H,4-6,10,15-16,19H2,1-3H3. The Bertz CT molecular complexity index is 1520. The molecular weight excluding hydrogens is 640 g/mol. The van der Waals surface area contributed by atoms with Crippen molar-refractivity contribution in [1.29, 1.82) is 0 Å². The largest absolute Gasteiger partial charge is 0.493 e. The number of amides is 1. The van der Waals surface area contributed by atoms with Crippen LogP contribution in [0.2, 0.25) is 10.0 Å². The Kier molecular flexibility index (Phi) is 10.7. The zero-order valence-corrected chi connectivity index (χ0v) is 27.5. The average Bonchev–Trinajstić information content (AvgIpc) is 3.48. The summed E-state index contributed by atoms with van der Waals surface area (Å²) in [6.45, 7) is 6.79. The predicted molar refractivity (Wildman–Crippen MR) is 171 cm³/mol. The zero-order chi connectivity index (χ0) is 30.7. The summed E-state index contributed by atoms with van der Waals surface area (Å²) in [7, 11) is -3.93. The third-order valence-electron chi connectivity index (χ3n) is 7.34. The van der Waals surface area contributed by atoms with Crippen LogP contribution in [0.5, 0.6) is 5.75 Å². The van der Waals surface area contributed by atoms with E-state index in [-0.39, 0.29) is 46.1 Å². The normalized spacial score (nSPS) is 18.2. The van der Waals surface area contributed by atoms with Gasteiger partial charge in [-0.05, 0) is 81.5 Å². The van der Waals surface area contributed by atoms with Gasteiger partial charge in [-0.1, -0.05) is 59.1 Å². The molecule has 226 valence electrons. The molecule has 4 rings (SSSR count). The minimum absolute atomic E-state index is 0.0177. The van der Waals surface area contributed by atoms with Crippen LogP contribution >= 0.6 is 46.4 Å². The van der Waals surface area contributed by atoms with Crippen molar-refractivity contribution in [2.45, 2.75) is 57.0 Å². The fourth-order valence-corrected chi connectivity index (χ4v) is 7.45. The van der Waals surface area contributed by atoms with Gasteiger partial charge in [0.1, 0.15) is 16.5 Å². The van der Waals surface area contributed by atoms with Gasteiger partial charge in [0.25, 0.3) is 0 Å². The molecule has 1 fully saturated rings. The van der Waals surface area contributed by atoms with Gasteiger partial charge in [-0.25, -0.2) is 8.42 Å². The molecule has 0 saturated carbocycles. The van der Waals surface area contributed by atoms with Crippen molar-refractivity contribution < 1.29 is 17.9 Å². The number of benzene rings is 2. The minimum Gasteiger partial charge on any atom is -0.493 e. The lowest BCUT2D eigenvalue weighted by Crippen LogP contribution is -2.38. The Morgan fingerprint density at radius 3 is 2.36 bits per heavy atom. The Morgan fingerprint density at radius 2 is 1.79 bits per heavy atom. The lowest BCUT2D eigenvalue weighted by Gasteiger charge is -2.33. The van der Waals surface area contributed by atoms with E-state index in [0.29, 0.717) is 29.6 Å². The summed E-state index contributed by atoms with van der Waals surface area (Å²) in [4.78, 5) is 19.4. The molecule has 1 amide bonds. The zero-order valence-electron chi connectivity index (χ0n) is 23.6. The number of amidine groups is 1. The van der Waals surface area contributed by atoms with Crippen molar-refractivity contribution in [1.82, 2.24) is 9.21 Å². The van der Waals surface area contributed by atoms with Gasteiger partial charge in [-0.3, -0.25) is 14.7 Å². The first-order valence-corrected chi connectivity index (χ1v) is 16.6. The number of sulfonamides is 1. The maximum absolute atomic E-state index is 13.7. The molecular formula is C30H33Cl4N3O4S. The van der Waals surface area contributed by atoms with E-state index in [4.69, 9.17) is 56.1 Å². The lowest BCUT2D eigenvalue weighted by molar-refractivity contribution is 0.241. The number of carbonyl (C=O) groups excluding carboxylic acids is 1. The van der Waals surface area contributed by atoms with Crippen LogP contribution in [0.1, 0.15) is 51.2 Å². The van der Waals surface area contributed by atoms with Gasteiger partial charge in [0.05, 0.1) is 29.3 Å². The highest BCUT2D eigenvalue weighted by Gasteiger charge is 2.35. The second kappa shape index (κ2) is 13.7. The molecule has 2 aromatic rings. The summed E-state index contributed by atoms with van der Waals surface area (Å²) in [5.41, 5.74) is 0.244. The minimum atomic E-state index is -3.93. The summed E-state index contributed by atoms with van der Waals surface area (Å²) in [6.07, 6.45) is 7.87. The molecule has 0 spiro atoms. The van der Waals surface area contributed by atoms with Gasteiger partial charge in [0, 0.05) is 35.1 Å². The number of ether oxygens (including phenoxy) is 1. The summed E-state index contributed by atoms with van der Waals surface area (Å²) >= 11 is 25.1. The van der Waals surface area contributed by atoms with E-state index in [2.05, 4.69) is 0 Å². The molecule has 1 unspecified atom stereocenters. The van der Waals surface area contributed by atoms with Crippen LogP contribution in [0, 0.1) is 5.92 Å². The average molecular weight is 673 g/mol. The molecule has 0 radical (unpaired) electrons. The maximum Gasteiger partial charge on any atom is 0.322 e. The topological polar surface area (TPSA) is 79.3 Å². The fraction of sp³-hybridized carbons (Fsp3) is 0.400. The predicted octanol–water partition coefficient (Wildman–Crippen LogP) is 8.26. The third kappa shape index (κ3) is 7.52. The Morgan fingerprint density at radius 1 is 1.12 bits per heavy atom. The maximum atomic E-state index is 13.7. The smallest absolute Gasteiger partial charge is 0.322 e. The Hall–Kier alpha value is -2.07. The van der Waals surface area contributed by atoms with Crippen LogP contribution in [-0.4, -0.2) is 54.1 Å². The van der Waals surface area contributed by atoms with Gasteiger partial charge in [0.2, 0.25) is 10.0 Å². The Balaban J connectivity index is 1.94. The molecule has 42 heavy (non-hydrogen) atoms. The van der Waals surface area contributed by atoms with Crippen LogP contribution in [-0.2, 0) is 16.6 Å². The number of rotatable bonds is 9. The molecule has 7 nitrogen and oxygen atoms in total. The molecule has 2 aliphatic rings. The molecule has 2 aromatic carbocycles. The molecule has 1 aliphatic carbocycles. The first kappa shape index (κ1) is 32.8. The number of hydrogen-bond donors (Lipinski definition) is 0. The van der Waals surface area contributed by atoms with E-state index in [1.165, 1.54) is 21.3 Å². The van der Waals surface area contributed by atoms with Crippen molar-refractivity contribution >= 4 is 67.6 Å². The van der Waals surface area contributed by atoms with Crippen LogP contribution < -0.4 is 4.74 Å². The summed E-state index contributed by atoms with van der Waals surface area (Å²) < 4.78 is 34.8. The number of hydrogen-bond acceptors (Lipinski definition) is 5. The number of nitrogens with zero attached hydrogens (tertiary/aromatic N) is 3. The van der Waals surface area contributed by atoms with E-state index < -0.39 is 20.9 Å². The van der Waals surface area contributed by atoms with Crippen LogP contribution in [0.25, 0.3) is 0 Å². The first-order chi connectivity index (χ1) is 19.8. The van der Waals surface area contributed by atoms with Crippen molar-refractivity contribution in [3.63, 3.8) is 0 Å². The molecule has 0 bridgehead atoms. The van der Waals surface area contributed by atoms with Crippen molar-refractivity contribution in [2.75, 3.05) is 19.7 Å². The second-order valence-corrected chi connectivity index (χ2v) is 14.2. The molecule has 0 aromatic heterocycles. The number of carbonyl (C=O) groups is 1. The van der Waals surface area contributed by atoms with Gasteiger partial charge in [0.15, 0.2) is 0 Å². The fourth-order valence-electron chi connectivity index (χ4n) is 4.98. The third-order valence-corrected chi connectivity index (χ3v) is 10.4. The second-order valence-electron chi connectivity index (χ2n) is 10.7. The summed E-state index contributed by atoms with van der Waals surface area (Å²) in [6, 6.07) is 9.90. The molecule has 1 heterocycles. The quantitative estimate of drug-likeness (QED) is 0.116. The highest BCUT2D eigenvalue weighted by molar-refractivity contribution is 7.89. The van der Waals surface area contributed by atoms with Crippen molar-refractivity contribution in [3.05, 3.63) is 80.8 Å². The molecule has 0 N–H and O–H groups in total. The van der Waals surface area contributed by atoms with Gasteiger partial charge in [-0.15, -0.1) is 0 Å². The molecule has 1 atom stereocenters. The van der Waals surface area contributed by atoms with Gasteiger partial charge >= 0.3 is 5.37 Å². The van der Waals surface area contributed by atoms with E-state index in [1.54, 1.807) is 31.2 Å². The van der Waals surface area contributed by atoms with Gasteiger partial charge < -0.3 is 4.74 Å². The van der Waals surface area contributed by atoms with E-state index in [9.17, 15) is 13.2 Å². The van der Waals surface area contributed by atoms with E-state index in [1.807, 2.05) is 32.1 Å². The number of allylic oxidation sites excluding steroid dienone is 3. The lowest BCUT2D eigenvalue weighted by atomic mass is 9.83. The molecule has 1 saturated heterocycles. The van der Waals surface area contributed by atoms with E-state index in [0.717, 1.165) is 18.4 Å². The Labute approximate surface area is 267 Å². The highest BCUT2D eigenvalue weighted by Crippen LogP contribution is 2.37. The van der Waals surface area contributed by atoms with Crippen LogP contribution in [0.3, 0.4) is 0 Å². The SMILES string of the molecule is CCOc1cc(Cl)c(S(=O)(=O)N2CCCC2)cc1C(=NC(C)(C)C1C=CC(Cl)=CC1)N(Cc1ccc(Cl)cc1)C(=O)Cl. The van der Waals surface area contributed by atoms with Crippen molar-refractivity contribution in [3.8, 4) is 5.75 Å². The molecule has 12 heteroatoms. The van der Waals surface area contributed by atoms with Crippen LogP contribution in [0.4, 0.5) is 4.79 Å². The summed E-state index contributed by atoms with van der Waals surface area (Å²) in [5.74, 6) is 0.356.